The predicted octanol–water partition coefficient (Wildman–Crippen LogP) is 3.03. The minimum Gasteiger partial charge on any atom is -0.399 e. The maximum Gasteiger partial charge on any atom is 0.495 e. The molecule has 1 aliphatic rings. The third-order valence-electron chi connectivity index (χ3n) is 4.89. The van der Waals surface area contributed by atoms with Crippen molar-refractivity contribution in [2.24, 2.45) is 4.36 Å². The van der Waals surface area contributed by atoms with E-state index in [-0.39, 0.29) is 11.4 Å². The van der Waals surface area contributed by atoms with Crippen LogP contribution in [-0.2, 0) is 19.0 Å². The van der Waals surface area contributed by atoms with Gasteiger partial charge >= 0.3 is 7.12 Å². The van der Waals surface area contributed by atoms with Crippen LogP contribution in [-0.4, -0.2) is 39.0 Å². The fourth-order valence-electron chi connectivity index (χ4n) is 2.40. The van der Waals surface area contributed by atoms with Gasteiger partial charge in [-0.15, -0.1) is 0 Å². The zero-order valence-electron chi connectivity index (χ0n) is 15.6. The van der Waals surface area contributed by atoms with Gasteiger partial charge in [-0.05, 0) is 39.2 Å². The molecule has 0 aliphatic carbocycles. The fourth-order valence-corrected chi connectivity index (χ4v) is 3.58. The lowest BCUT2D eigenvalue weighted by molar-refractivity contribution is -0.384. The van der Waals surface area contributed by atoms with Crippen LogP contribution in [0.3, 0.4) is 0 Å². The van der Waals surface area contributed by atoms with E-state index in [1.165, 1.54) is 12.1 Å². The Kier molecular flexibility index (Phi) is 5.32. The lowest BCUT2D eigenvalue weighted by Crippen LogP contribution is -2.41. The van der Waals surface area contributed by atoms with E-state index in [0.29, 0.717) is 17.0 Å². The van der Waals surface area contributed by atoms with Gasteiger partial charge < -0.3 is 9.31 Å². The number of benzene rings is 1. The number of nitro benzene ring substituents is 1. The van der Waals surface area contributed by atoms with Gasteiger partial charge in [0.05, 0.1) is 25.9 Å². The topological polar surface area (TPSA) is 91.0 Å². The molecule has 2 rings (SSSR count). The molecule has 25 heavy (non-hydrogen) atoms. The van der Waals surface area contributed by atoms with E-state index in [9.17, 15) is 14.3 Å². The van der Waals surface area contributed by atoms with Crippen LogP contribution in [0.25, 0.3) is 0 Å². The Morgan fingerprint density at radius 3 is 2.12 bits per heavy atom. The average Bonchev–Trinajstić information content (AvgIpc) is 2.75. The fraction of sp³-hybridized carbons (Fsp3) is 0.625. The van der Waals surface area contributed by atoms with Gasteiger partial charge in [0.25, 0.3) is 5.69 Å². The number of rotatable bonds is 5. The van der Waals surface area contributed by atoms with Crippen molar-refractivity contribution in [3.63, 3.8) is 0 Å². The van der Waals surface area contributed by atoms with E-state index in [4.69, 9.17) is 9.31 Å². The highest BCUT2D eigenvalue weighted by molar-refractivity contribution is 7.93. The van der Waals surface area contributed by atoms with Crippen molar-refractivity contribution < 1.29 is 18.4 Å². The zero-order valence-corrected chi connectivity index (χ0v) is 16.4. The number of nitro groups is 1. The first-order chi connectivity index (χ1) is 11.4. The molecule has 1 aromatic carbocycles. The highest BCUT2D eigenvalue weighted by Gasteiger charge is 2.52. The van der Waals surface area contributed by atoms with Crippen molar-refractivity contribution in [3.8, 4) is 0 Å². The van der Waals surface area contributed by atoms with Gasteiger partial charge in [0.15, 0.2) is 5.69 Å². The lowest BCUT2D eigenvalue weighted by Gasteiger charge is -2.32. The van der Waals surface area contributed by atoms with E-state index in [0.717, 1.165) is 0 Å². The lowest BCUT2D eigenvalue weighted by atomic mass is 9.79. The molecule has 0 atom stereocenters. The van der Waals surface area contributed by atoms with Gasteiger partial charge in [-0.2, -0.15) is 4.36 Å². The number of hydrogen-bond donors (Lipinski definition) is 0. The third-order valence-corrected chi connectivity index (χ3v) is 7.22. The first-order valence-corrected chi connectivity index (χ1v) is 10.2. The third kappa shape index (κ3) is 3.88. The van der Waals surface area contributed by atoms with Crippen LogP contribution >= 0.6 is 0 Å². The molecule has 9 heteroatoms. The van der Waals surface area contributed by atoms with Crippen molar-refractivity contribution in [1.29, 1.82) is 0 Å². The van der Waals surface area contributed by atoms with Crippen molar-refractivity contribution >= 4 is 33.7 Å². The minimum atomic E-state index is -2.48. The molecule has 0 saturated carbocycles. The molecule has 1 aromatic rings. The number of nitrogens with zero attached hydrogens (tertiary/aromatic N) is 2. The molecule has 0 bridgehead atoms. The molecule has 1 fully saturated rings. The summed E-state index contributed by atoms with van der Waals surface area (Å²) in [6.07, 6.45) is 0. The molecule has 0 aromatic heterocycles. The number of hydrogen-bond acceptors (Lipinski definition) is 6. The summed E-state index contributed by atoms with van der Waals surface area (Å²) < 4.78 is 28.6. The highest BCUT2D eigenvalue weighted by Crippen LogP contribution is 2.37. The van der Waals surface area contributed by atoms with E-state index in [2.05, 4.69) is 4.36 Å². The molecular formula is C16H25BN2O5S. The van der Waals surface area contributed by atoms with Crippen LogP contribution in [0.15, 0.2) is 22.6 Å². The summed E-state index contributed by atoms with van der Waals surface area (Å²) in [5.41, 5.74) is -0.591. The largest absolute Gasteiger partial charge is 0.495 e. The Labute approximate surface area is 149 Å². The van der Waals surface area contributed by atoms with Gasteiger partial charge in [0.1, 0.15) is 0 Å². The summed E-state index contributed by atoms with van der Waals surface area (Å²) in [4.78, 5) is 11.0. The van der Waals surface area contributed by atoms with Crippen LogP contribution in [0.2, 0.25) is 0 Å². The smallest absolute Gasteiger partial charge is 0.399 e. The van der Waals surface area contributed by atoms with Crippen LogP contribution in [0, 0.1) is 10.1 Å². The van der Waals surface area contributed by atoms with Crippen LogP contribution in [0.1, 0.15) is 41.5 Å². The predicted molar refractivity (Wildman–Crippen MR) is 100 cm³/mol. The van der Waals surface area contributed by atoms with Crippen LogP contribution in [0.4, 0.5) is 11.4 Å². The summed E-state index contributed by atoms with van der Waals surface area (Å²) >= 11 is 0. The highest BCUT2D eigenvalue weighted by atomic mass is 32.2. The Balaban J connectivity index is 2.48. The molecule has 1 aliphatic heterocycles. The molecule has 1 saturated heterocycles. The van der Waals surface area contributed by atoms with Gasteiger partial charge in [-0.1, -0.05) is 19.9 Å². The summed E-state index contributed by atoms with van der Waals surface area (Å²) in [6.45, 7) is 11.2. The van der Waals surface area contributed by atoms with E-state index < -0.39 is 33.0 Å². The van der Waals surface area contributed by atoms with E-state index >= 15 is 0 Å². The molecule has 0 radical (unpaired) electrons. The summed E-state index contributed by atoms with van der Waals surface area (Å²) in [7, 11) is -3.18. The Bertz CT molecular complexity index is 774. The van der Waals surface area contributed by atoms with Gasteiger partial charge in [-0.25, -0.2) is 4.21 Å². The standard InChI is InChI=1S/C16H25BN2O5S/c1-7-25(22,8-2)18-13-10-9-12(11-14(13)19(20)21)17-23-15(3,4)16(5,6)24-17/h9-11H,7-8H2,1-6H3. The maximum atomic E-state index is 12.5. The molecule has 1 heterocycles. The van der Waals surface area contributed by atoms with Crippen molar-refractivity contribution in [2.45, 2.75) is 52.7 Å². The van der Waals surface area contributed by atoms with E-state index in [1.807, 2.05) is 27.7 Å². The second-order valence-electron chi connectivity index (χ2n) is 7.03. The molecule has 0 amide bonds. The molecular weight excluding hydrogens is 343 g/mol. The van der Waals surface area contributed by atoms with Crippen LogP contribution in [0.5, 0.6) is 0 Å². The summed E-state index contributed by atoms with van der Waals surface area (Å²) in [6, 6.07) is 4.59. The Morgan fingerprint density at radius 1 is 1.16 bits per heavy atom. The Hall–Kier alpha value is -1.45. The monoisotopic (exact) mass is 368 g/mol. The van der Waals surface area contributed by atoms with Crippen molar-refractivity contribution in [2.75, 3.05) is 11.5 Å². The second-order valence-corrected chi connectivity index (χ2v) is 9.92. The zero-order chi connectivity index (χ0) is 19.0. The SMILES string of the molecule is CCS(=O)(CC)=Nc1ccc(B2OC(C)(C)C(C)(C)O2)cc1[N+](=O)[O-]. The van der Waals surface area contributed by atoms with Gasteiger partial charge in [-0.3, -0.25) is 10.1 Å². The minimum absolute atomic E-state index is 0.124. The van der Waals surface area contributed by atoms with Gasteiger partial charge in [0.2, 0.25) is 0 Å². The van der Waals surface area contributed by atoms with Gasteiger partial charge in [0, 0.05) is 17.6 Å². The first-order valence-electron chi connectivity index (χ1n) is 8.31. The van der Waals surface area contributed by atoms with Crippen molar-refractivity contribution in [1.82, 2.24) is 0 Å². The molecule has 0 spiro atoms. The average molecular weight is 368 g/mol. The first kappa shape index (κ1) is 19.9. The normalized spacial score (nSPS) is 19.0. The van der Waals surface area contributed by atoms with Crippen LogP contribution < -0.4 is 5.46 Å². The van der Waals surface area contributed by atoms with E-state index in [1.54, 1.807) is 19.9 Å². The molecule has 138 valence electrons. The second kappa shape index (κ2) is 6.70. The molecule has 7 nitrogen and oxygen atoms in total. The maximum absolute atomic E-state index is 12.5. The quantitative estimate of drug-likeness (QED) is 0.453. The summed E-state index contributed by atoms with van der Waals surface area (Å²) in [5, 5.41) is 11.5. The molecule has 0 N–H and O–H groups in total. The summed E-state index contributed by atoms with van der Waals surface area (Å²) in [5.74, 6) is 0.694. The molecule has 0 unspecified atom stereocenters. The van der Waals surface area contributed by atoms with Crippen molar-refractivity contribution in [3.05, 3.63) is 28.3 Å². The Morgan fingerprint density at radius 2 is 1.68 bits per heavy atom.